The minimum Gasteiger partial charge on any atom is -0.330 e. The van der Waals surface area contributed by atoms with E-state index < -0.39 is 53.9 Å². The molecule has 41 heavy (non-hydrogen) atoms. The third kappa shape index (κ3) is 6.94. The van der Waals surface area contributed by atoms with Crippen LogP contribution in [-0.2, 0) is 38.7 Å². The monoisotopic (exact) mass is 584 g/mol. The topological polar surface area (TPSA) is 70.6 Å². The van der Waals surface area contributed by atoms with Crippen molar-refractivity contribution in [3.8, 4) is 17.2 Å². The van der Waals surface area contributed by atoms with Crippen LogP contribution in [0.15, 0.2) is 60.7 Å². The highest BCUT2D eigenvalue weighted by molar-refractivity contribution is 5.70. The van der Waals surface area contributed by atoms with Gasteiger partial charge in [0.1, 0.15) is 0 Å². The third-order valence-corrected chi connectivity index (χ3v) is 5.90. The summed E-state index contributed by atoms with van der Waals surface area (Å²) in [6, 6.07) is 11.7. The second-order valence-corrected chi connectivity index (χ2v) is 8.91. The van der Waals surface area contributed by atoms with Crippen LogP contribution in [-0.4, -0.2) is 20.2 Å². The summed E-state index contributed by atoms with van der Waals surface area (Å²) in [6.45, 7) is -1.12. The Morgan fingerprint density at radius 1 is 0.780 bits per heavy atom. The lowest BCUT2D eigenvalue weighted by atomic mass is 9.95. The molecule has 1 aromatic heterocycles. The minimum atomic E-state index is -5.11. The Hall–Kier alpha value is -4.61. The molecule has 0 bridgehead atoms. The van der Waals surface area contributed by atoms with Crippen LogP contribution in [0.2, 0.25) is 0 Å². The van der Waals surface area contributed by atoms with Crippen LogP contribution in [0.1, 0.15) is 33.4 Å². The number of hydrogen-bond donors (Lipinski definition) is 0. The van der Waals surface area contributed by atoms with Gasteiger partial charge in [-0.3, -0.25) is 0 Å². The zero-order valence-electron chi connectivity index (χ0n) is 20.8. The summed E-state index contributed by atoms with van der Waals surface area (Å²) in [7, 11) is 1.35. The predicted molar refractivity (Wildman–Crippen MR) is 127 cm³/mol. The standard InChI is InChI=1S/C26H17F9N6/c1-40-38-23(37-39-40)41(13-16-8-20(25(30,31)32)11-21(9-16)26(33,34)35)14-18-10-19(24(27,28)29)5-6-22(18)17-4-2-3-15(7-17)12-36/h2-11H,13-14H2,1H3. The van der Waals surface area contributed by atoms with Crippen LogP contribution in [0.3, 0.4) is 0 Å². The molecule has 6 nitrogen and oxygen atoms in total. The van der Waals surface area contributed by atoms with Gasteiger partial charge in [0.2, 0.25) is 0 Å². The number of tetrazole rings is 1. The Kier molecular flexibility index (Phi) is 7.70. The number of alkyl halides is 9. The van der Waals surface area contributed by atoms with Crippen LogP contribution >= 0.6 is 0 Å². The Labute approximate surface area is 226 Å². The quantitative estimate of drug-likeness (QED) is 0.228. The lowest BCUT2D eigenvalue weighted by Crippen LogP contribution is -2.25. The van der Waals surface area contributed by atoms with Gasteiger partial charge in [-0.25, -0.2) is 0 Å². The maximum atomic E-state index is 13.6. The number of nitriles is 1. The van der Waals surface area contributed by atoms with Gasteiger partial charge in [0.15, 0.2) is 0 Å². The van der Waals surface area contributed by atoms with Crippen LogP contribution < -0.4 is 4.90 Å². The molecule has 1 heterocycles. The van der Waals surface area contributed by atoms with Crippen LogP contribution in [0.4, 0.5) is 45.5 Å². The molecule has 0 saturated carbocycles. The van der Waals surface area contributed by atoms with E-state index in [-0.39, 0.29) is 28.7 Å². The lowest BCUT2D eigenvalue weighted by Gasteiger charge is -2.24. The van der Waals surface area contributed by atoms with E-state index in [1.165, 1.54) is 31.3 Å². The van der Waals surface area contributed by atoms with E-state index in [4.69, 9.17) is 0 Å². The molecule has 0 amide bonds. The Morgan fingerprint density at radius 3 is 1.95 bits per heavy atom. The molecule has 0 radical (unpaired) electrons. The van der Waals surface area contributed by atoms with Gasteiger partial charge in [0.05, 0.1) is 35.4 Å². The summed E-state index contributed by atoms with van der Waals surface area (Å²) in [4.78, 5) is 2.08. The summed E-state index contributed by atoms with van der Waals surface area (Å²) in [5, 5.41) is 20.6. The third-order valence-electron chi connectivity index (χ3n) is 5.90. The first kappa shape index (κ1) is 29.4. The van der Waals surface area contributed by atoms with Crippen molar-refractivity contribution in [3.63, 3.8) is 0 Å². The molecule has 0 saturated heterocycles. The Balaban J connectivity index is 1.85. The van der Waals surface area contributed by atoms with Crippen molar-refractivity contribution in [1.82, 2.24) is 20.2 Å². The summed E-state index contributed by atoms with van der Waals surface area (Å²) < 4.78 is 122. The number of aryl methyl sites for hydroxylation is 1. The van der Waals surface area contributed by atoms with E-state index in [2.05, 4.69) is 15.4 Å². The molecule has 0 atom stereocenters. The molecule has 0 fully saturated rings. The highest BCUT2D eigenvalue weighted by Gasteiger charge is 2.37. The molecule has 0 unspecified atom stereocenters. The number of hydrogen-bond acceptors (Lipinski definition) is 5. The fourth-order valence-electron chi connectivity index (χ4n) is 4.07. The molecule has 4 aromatic rings. The maximum absolute atomic E-state index is 13.6. The average molecular weight is 584 g/mol. The molecular formula is C26H17F9N6. The van der Waals surface area contributed by atoms with Gasteiger partial charge in [0, 0.05) is 13.1 Å². The molecule has 0 aliphatic heterocycles. The van der Waals surface area contributed by atoms with Crippen molar-refractivity contribution in [2.45, 2.75) is 31.6 Å². The van der Waals surface area contributed by atoms with Crippen molar-refractivity contribution in [1.29, 1.82) is 5.26 Å². The van der Waals surface area contributed by atoms with Crippen LogP contribution in [0.5, 0.6) is 0 Å². The van der Waals surface area contributed by atoms with E-state index in [0.717, 1.165) is 21.8 Å². The van der Waals surface area contributed by atoms with E-state index >= 15 is 0 Å². The van der Waals surface area contributed by atoms with E-state index in [0.29, 0.717) is 17.7 Å². The van der Waals surface area contributed by atoms with Crippen LogP contribution in [0, 0.1) is 11.3 Å². The second kappa shape index (κ2) is 10.8. The maximum Gasteiger partial charge on any atom is 0.416 e. The molecule has 0 aliphatic carbocycles. The normalized spacial score (nSPS) is 12.3. The molecule has 3 aromatic carbocycles. The van der Waals surface area contributed by atoms with Crippen molar-refractivity contribution in [3.05, 3.63) is 94.0 Å². The second-order valence-electron chi connectivity index (χ2n) is 8.91. The molecule has 15 heteroatoms. The fourth-order valence-corrected chi connectivity index (χ4v) is 4.07. The number of anilines is 1. The minimum absolute atomic E-state index is 0.00890. The lowest BCUT2D eigenvalue weighted by molar-refractivity contribution is -0.143. The molecule has 214 valence electrons. The van der Waals surface area contributed by atoms with Crippen molar-refractivity contribution in [2.75, 3.05) is 4.90 Å². The largest absolute Gasteiger partial charge is 0.416 e. The fraction of sp³-hybridized carbons (Fsp3) is 0.231. The van der Waals surface area contributed by atoms with Gasteiger partial charge in [-0.1, -0.05) is 23.3 Å². The zero-order chi connectivity index (χ0) is 30.2. The van der Waals surface area contributed by atoms with Crippen molar-refractivity contribution >= 4 is 5.95 Å². The summed E-state index contributed by atoms with van der Waals surface area (Å²) in [5.74, 6) is -0.257. The van der Waals surface area contributed by atoms with E-state index in [1.807, 2.05) is 6.07 Å². The number of aromatic nitrogens is 4. The highest BCUT2D eigenvalue weighted by atomic mass is 19.4. The molecule has 0 spiro atoms. The molecule has 4 rings (SSSR count). The van der Waals surface area contributed by atoms with Gasteiger partial charge in [-0.2, -0.15) is 49.6 Å². The number of rotatable bonds is 6. The number of benzene rings is 3. The van der Waals surface area contributed by atoms with Gasteiger partial charge in [-0.05, 0) is 69.9 Å². The first-order valence-electron chi connectivity index (χ1n) is 11.5. The summed E-state index contributed by atoms with van der Waals surface area (Å²) in [5.41, 5.74) is -3.79. The number of nitrogens with zero attached hydrogens (tertiary/aromatic N) is 6. The van der Waals surface area contributed by atoms with Crippen molar-refractivity contribution < 1.29 is 39.5 Å². The van der Waals surface area contributed by atoms with Gasteiger partial charge in [-0.15, -0.1) is 5.10 Å². The summed E-state index contributed by atoms with van der Waals surface area (Å²) >= 11 is 0. The van der Waals surface area contributed by atoms with Gasteiger partial charge in [0.25, 0.3) is 5.95 Å². The Bertz CT molecular complexity index is 1560. The highest BCUT2D eigenvalue weighted by Crippen LogP contribution is 2.38. The van der Waals surface area contributed by atoms with E-state index in [9.17, 15) is 44.8 Å². The van der Waals surface area contributed by atoms with Gasteiger partial charge >= 0.3 is 18.5 Å². The van der Waals surface area contributed by atoms with Gasteiger partial charge < -0.3 is 4.90 Å². The van der Waals surface area contributed by atoms with E-state index in [1.54, 1.807) is 6.07 Å². The summed E-state index contributed by atoms with van der Waals surface area (Å²) in [6.07, 6.45) is -15.0. The first-order chi connectivity index (χ1) is 19.0. The molecule has 0 aliphatic rings. The smallest absolute Gasteiger partial charge is 0.330 e. The Morgan fingerprint density at radius 2 is 1.41 bits per heavy atom. The first-order valence-corrected chi connectivity index (χ1v) is 11.5. The predicted octanol–water partition coefficient (Wildman–Crippen LogP) is 7.01. The van der Waals surface area contributed by atoms with Crippen molar-refractivity contribution in [2.24, 2.45) is 7.05 Å². The zero-order valence-corrected chi connectivity index (χ0v) is 20.8. The SMILES string of the molecule is Cn1nnc(N(Cc2cc(C(F)(F)F)cc(C(F)(F)F)c2)Cc2cc(C(F)(F)F)ccc2-c2cccc(C#N)c2)n1. The van der Waals surface area contributed by atoms with Crippen LogP contribution in [0.25, 0.3) is 11.1 Å². The molecule has 0 N–H and O–H groups in total. The average Bonchev–Trinajstić information content (AvgIpc) is 3.32. The number of halogens is 9. The molecular weight excluding hydrogens is 567 g/mol.